The van der Waals surface area contributed by atoms with Gasteiger partial charge in [0.05, 0.1) is 19.1 Å². The Kier molecular flexibility index (Phi) is 6.20. The molecular weight excluding hydrogens is 284 g/mol. The first-order chi connectivity index (χ1) is 9.43. The van der Waals surface area contributed by atoms with Gasteiger partial charge in [-0.25, -0.2) is 0 Å². The second-order valence-corrected chi connectivity index (χ2v) is 5.05. The molecule has 1 saturated carbocycles. The lowest BCUT2D eigenvalue weighted by Gasteiger charge is -2.21. The minimum absolute atomic E-state index is 0.133. The first-order valence-corrected chi connectivity index (χ1v) is 7.02. The van der Waals surface area contributed by atoms with Gasteiger partial charge in [-0.05, 0) is 32.8 Å². The minimum atomic E-state index is -1.26. The molecule has 1 rings (SSSR count). The summed E-state index contributed by atoms with van der Waals surface area (Å²) in [6.45, 7) is 5.19. The lowest BCUT2D eigenvalue weighted by Crippen LogP contribution is -2.37. The predicted octanol–water partition coefficient (Wildman–Crippen LogP) is 2.22. The molecule has 0 saturated heterocycles. The Morgan fingerprint density at radius 2 is 1.70 bits per heavy atom. The van der Waals surface area contributed by atoms with Crippen molar-refractivity contribution in [1.29, 1.82) is 0 Å². The normalized spacial score (nSPS) is 21.1. The average Bonchev–Trinajstić information content (AvgIpc) is 2.73. The highest BCUT2D eigenvalue weighted by molar-refractivity contribution is 6.30. The van der Waals surface area contributed by atoms with Gasteiger partial charge in [-0.2, -0.15) is 0 Å². The first-order valence-electron chi connectivity index (χ1n) is 6.65. The highest BCUT2D eigenvalue weighted by atomic mass is 35.5. The zero-order chi connectivity index (χ0) is 15.3. The molecule has 0 spiro atoms. The molecule has 1 unspecified atom stereocenters. The highest BCUT2D eigenvalue weighted by Crippen LogP contribution is 2.38. The number of Topliss-reactive ketones (excluding diaryl/α,β-unsaturated/α-hetero) is 1. The molecule has 0 aliphatic heterocycles. The largest absolute Gasteiger partial charge is 0.465 e. The number of ketones is 1. The second kappa shape index (κ2) is 7.43. The summed E-state index contributed by atoms with van der Waals surface area (Å²) in [7, 11) is 0. The number of esters is 2. The van der Waals surface area contributed by atoms with E-state index in [9.17, 15) is 14.4 Å². The SMILES string of the molecule is CCOC(=O)C(C(=O)OCC)C1C(=O)CC/C1=C(/C)Cl. The van der Waals surface area contributed by atoms with Crippen LogP contribution in [0.3, 0.4) is 0 Å². The number of rotatable bonds is 5. The lowest BCUT2D eigenvalue weighted by atomic mass is 9.86. The van der Waals surface area contributed by atoms with Crippen LogP contribution in [0.25, 0.3) is 0 Å². The van der Waals surface area contributed by atoms with Crippen LogP contribution >= 0.6 is 11.6 Å². The number of halogens is 1. The molecule has 5 nitrogen and oxygen atoms in total. The van der Waals surface area contributed by atoms with E-state index in [0.29, 0.717) is 17.0 Å². The topological polar surface area (TPSA) is 69.7 Å². The van der Waals surface area contributed by atoms with Gasteiger partial charge in [-0.1, -0.05) is 11.6 Å². The van der Waals surface area contributed by atoms with Crippen LogP contribution in [0, 0.1) is 11.8 Å². The molecule has 0 aromatic rings. The molecule has 1 aliphatic carbocycles. The van der Waals surface area contributed by atoms with E-state index >= 15 is 0 Å². The first kappa shape index (κ1) is 16.7. The van der Waals surface area contributed by atoms with Crippen molar-refractivity contribution in [3.63, 3.8) is 0 Å². The molecule has 0 amide bonds. The summed E-state index contributed by atoms with van der Waals surface area (Å²) in [5, 5.41) is 0.444. The molecule has 6 heteroatoms. The van der Waals surface area contributed by atoms with Crippen LogP contribution in [0.15, 0.2) is 10.6 Å². The fourth-order valence-electron chi connectivity index (χ4n) is 2.37. The van der Waals surface area contributed by atoms with Gasteiger partial charge in [0.25, 0.3) is 0 Å². The molecule has 1 fully saturated rings. The van der Waals surface area contributed by atoms with Crippen LogP contribution in [0.1, 0.15) is 33.6 Å². The van der Waals surface area contributed by atoms with E-state index < -0.39 is 23.8 Å². The maximum atomic E-state index is 12.0. The van der Waals surface area contributed by atoms with Crippen LogP contribution in [0.4, 0.5) is 0 Å². The van der Waals surface area contributed by atoms with Gasteiger partial charge in [0.2, 0.25) is 0 Å². The molecule has 1 aliphatic rings. The third-order valence-electron chi connectivity index (χ3n) is 3.22. The summed E-state index contributed by atoms with van der Waals surface area (Å²) < 4.78 is 9.81. The van der Waals surface area contributed by atoms with Crippen molar-refractivity contribution in [2.45, 2.75) is 33.6 Å². The molecule has 0 radical (unpaired) electrons. The molecule has 112 valence electrons. The number of carbonyl (C=O) groups is 3. The summed E-state index contributed by atoms with van der Waals surface area (Å²) in [5.74, 6) is -3.76. The lowest BCUT2D eigenvalue weighted by molar-refractivity contribution is -0.165. The Morgan fingerprint density at radius 1 is 1.20 bits per heavy atom. The fraction of sp³-hybridized carbons (Fsp3) is 0.643. The second-order valence-electron chi connectivity index (χ2n) is 4.48. The molecule has 0 N–H and O–H groups in total. The van der Waals surface area contributed by atoms with Gasteiger partial charge in [0.1, 0.15) is 5.78 Å². The van der Waals surface area contributed by atoms with Crippen LogP contribution in [-0.4, -0.2) is 30.9 Å². The van der Waals surface area contributed by atoms with Crippen molar-refractivity contribution in [2.24, 2.45) is 11.8 Å². The highest BCUT2D eigenvalue weighted by Gasteiger charge is 2.46. The van der Waals surface area contributed by atoms with Crippen molar-refractivity contribution in [2.75, 3.05) is 13.2 Å². The van der Waals surface area contributed by atoms with Crippen LogP contribution in [0.2, 0.25) is 0 Å². The summed E-state index contributed by atoms with van der Waals surface area (Å²) in [6.07, 6.45) is 0.744. The van der Waals surface area contributed by atoms with Crippen LogP contribution < -0.4 is 0 Å². The van der Waals surface area contributed by atoms with Gasteiger partial charge >= 0.3 is 11.9 Å². The smallest absolute Gasteiger partial charge is 0.321 e. The van der Waals surface area contributed by atoms with Gasteiger partial charge in [0.15, 0.2) is 5.92 Å². The zero-order valence-corrected chi connectivity index (χ0v) is 12.7. The Hall–Kier alpha value is -1.36. The van der Waals surface area contributed by atoms with E-state index in [1.807, 2.05) is 0 Å². The molecule has 1 atom stereocenters. The maximum Gasteiger partial charge on any atom is 0.321 e. The quantitative estimate of drug-likeness (QED) is 0.575. The van der Waals surface area contributed by atoms with Gasteiger partial charge < -0.3 is 9.47 Å². The van der Waals surface area contributed by atoms with Crippen molar-refractivity contribution >= 4 is 29.3 Å². The van der Waals surface area contributed by atoms with E-state index in [1.54, 1.807) is 20.8 Å². The summed E-state index contributed by atoms with van der Waals surface area (Å²) in [5.41, 5.74) is 0.628. The summed E-state index contributed by atoms with van der Waals surface area (Å²) >= 11 is 5.97. The van der Waals surface area contributed by atoms with E-state index in [0.717, 1.165) is 0 Å². The standard InChI is InChI=1S/C14H19ClO5/c1-4-19-13(17)12(14(18)20-5-2)11-9(8(3)15)6-7-10(11)16/h11-12H,4-7H2,1-3H3/b9-8+. The van der Waals surface area contributed by atoms with Crippen LogP contribution in [0.5, 0.6) is 0 Å². The zero-order valence-electron chi connectivity index (χ0n) is 11.9. The van der Waals surface area contributed by atoms with E-state index in [4.69, 9.17) is 21.1 Å². The Balaban J connectivity index is 3.14. The van der Waals surface area contributed by atoms with Crippen molar-refractivity contribution < 1.29 is 23.9 Å². The summed E-state index contributed by atoms with van der Waals surface area (Å²) in [6, 6.07) is 0. The van der Waals surface area contributed by atoms with Crippen molar-refractivity contribution in [1.82, 2.24) is 0 Å². The summed E-state index contributed by atoms with van der Waals surface area (Å²) in [4.78, 5) is 36.1. The number of carbonyl (C=O) groups excluding carboxylic acids is 3. The molecule has 20 heavy (non-hydrogen) atoms. The molecule has 0 bridgehead atoms. The van der Waals surface area contributed by atoms with Gasteiger partial charge in [-0.3, -0.25) is 14.4 Å². The molecule has 0 aromatic carbocycles. The van der Waals surface area contributed by atoms with Gasteiger partial charge in [-0.15, -0.1) is 0 Å². The minimum Gasteiger partial charge on any atom is -0.465 e. The number of hydrogen-bond acceptors (Lipinski definition) is 5. The van der Waals surface area contributed by atoms with E-state index in [1.165, 1.54) is 0 Å². The Bertz CT molecular complexity index is 419. The Morgan fingerprint density at radius 3 is 2.10 bits per heavy atom. The number of ether oxygens (including phenoxy) is 2. The third kappa shape index (κ3) is 3.60. The number of allylic oxidation sites excluding steroid dienone is 2. The molecule has 0 aromatic heterocycles. The average molecular weight is 303 g/mol. The van der Waals surface area contributed by atoms with Crippen LogP contribution in [-0.2, 0) is 23.9 Å². The maximum absolute atomic E-state index is 12.0. The van der Waals surface area contributed by atoms with E-state index in [2.05, 4.69) is 0 Å². The van der Waals surface area contributed by atoms with Gasteiger partial charge in [0, 0.05) is 11.5 Å². The van der Waals surface area contributed by atoms with Crippen molar-refractivity contribution in [3.05, 3.63) is 10.6 Å². The molecule has 0 heterocycles. The predicted molar refractivity (Wildman–Crippen MR) is 73.0 cm³/mol. The Labute approximate surface area is 123 Å². The third-order valence-corrected chi connectivity index (χ3v) is 3.46. The monoisotopic (exact) mass is 302 g/mol. The fourth-order valence-corrected chi connectivity index (χ4v) is 2.58. The van der Waals surface area contributed by atoms with Crippen molar-refractivity contribution in [3.8, 4) is 0 Å². The molecular formula is C14H19ClO5. The number of hydrogen-bond donors (Lipinski definition) is 0. The van der Waals surface area contributed by atoms with E-state index in [-0.39, 0.29) is 25.4 Å².